The number of anilines is 1. The van der Waals surface area contributed by atoms with Crippen molar-refractivity contribution >= 4 is 23.5 Å². The van der Waals surface area contributed by atoms with E-state index in [1.807, 2.05) is 43.3 Å². The smallest absolute Gasteiger partial charge is 0.337 e. The first kappa shape index (κ1) is 16.5. The van der Waals surface area contributed by atoms with Gasteiger partial charge in [-0.25, -0.2) is 4.79 Å². The predicted octanol–water partition coefficient (Wildman–Crippen LogP) is 3.44. The van der Waals surface area contributed by atoms with E-state index in [-0.39, 0.29) is 11.8 Å². The molecule has 0 aliphatic heterocycles. The Morgan fingerprint density at radius 3 is 2.00 bits per heavy atom. The maximum Gasteiger partial charge on any atom is 0.337 e. The maximum atomic E-state index is 12.1. The van der Waals surface area contributed by atoms with Crippen molar-refractivity contribution in [2.45, 2.75) is 0 Å². The van der Waals surface area contributed by atoms with E-state index in [4.69, 9.17) is 0 Å². The number of benzene rings is 2. The third-order valence-corrected chi connectivity index (χ3v) is 3.43. The van der Waals surface area contributed by atoms with E-state index in [9.17, 15) is 9.59 Å². The Hall–Kier alpha value is -2.88. The minimum absolute atomic E-state index is 0.0626. The average molecular weight is 309 g/mol. The van der Waals surface area contributed by atoms with Crippen LogP contribution in [-0.2, 0) is 4.74 Å². The van der Waals surface area contributed by atoms with E-state index >= 15 is 0 Å². The molecule has 0 saturated heterocycles. The van der Waals surface area contributed by atoms with Gasteiger partial charge in [0.1, 0.15) is 0 Å². The first-order valence-corrected chi connectivity index (χ1v) is 7.19. The Morgan fingerprint density at radius 1 is 0.913 bits per heavy atom. The summed E-state index contributed by atoms with van der Waals surface area (Å²) in [6.45, 7) is 0. The van der Waals surface area contributed by atoms with Crippen LogP contribution in [0.5, 0.6) is 0 Å². The highest BCUT2D eigenvalue weighted by molar-refractivity contribution is 6.07. The van der Waals surface area contributed by atoms with Crippen molar-refractivity contribution < 1.29 is 14.3 Å². The van der Waals surface area contributed by atoms with Crippen LogP contribution in [0, 0.1) is 0 Å². The number of rotatable bonds is 5. The highest BCUT2D eigenvalue weighted by Crippen LogP contribution is 2.14. The number of carbonyl (C=O) groups is 2. The fourth-order valence-corrected chi connectivity index (χ4v) is 2.04. The van der Waals surface area contributed by atoms with E-state index in [0.717, 1.165) is 11.3 Å². The van der Waals surface area contributed by atoms with Crippen LogP contribution in [0.25, 0.3) is 6.08 Å². The molecular formula is C19H19NO3. The molecule has 0 heterocycles. The number of carbonyl (C=O) groups excluding carboxylic acids is 2. The first-order chi connectivity index (χ1) is 11.0. The van der Waals surface area contributed by atoms with E-state index in [0.29, 0.717) is 11.1 Å². The van der Waals surface area contributed by atoms with Gasteiger partial charge >= 0.3 is 5.97 Å². The summed E-state index contributed by atoms with van der Waals surface area (Å²) >= 11 is 0. The van der Waals surface area contributed by atoms with Crippen molar-refractivity contribution in [3.05, 3.63) is 71.3 Å². The molecule has 0 radical (unpaired) electrons. The zero-order chi connectivity index (χ0) is 16.8. The SMILES string of the molecule is COC(=O)c1ccc(/C=C/C(=O)c2ccc(N(C)C)cc2)cc1. The summed E-state index contributed by atoms with van der Waals surface area (Å²) in [6.07, 6.45) is 3.25. The second kappa shape index (κ2) is 7.40. The second-order valence-electron chi connectivity index (χ2n) is 5.25. The molecule has 0 N–H and O–H groups in total. The molecule has 0 bridgehead atoms. The summed E-state index contributed by atoms with van der Waals surface area (Å²) in [5, 5.41) is 0. The summed E-state index contributed by atoms with van der Waals surface area (Å²) in [7, 11) is 5.25. The number of ether oxygens (including phenoxy) is 1. The minimum Gasteiger partial charge on any atom is -0.465 e. The summed E-state index contributed by atoms with van der Waals surface area (Å²) in [4.78, 5) is 25.5. The molecule has 0 amide bonds. The van der Waals surface area contributed by atoms with Gasteiger partial charge in [-0.2, -0.15) is 0 Å². The van der Waals surface area contributed by atoms with Gasteiger partial charge in [-0.05, 0) is 48.0 Å². The van der Waals surface area contributed by atoms with Gasteiger partial charge in [0.25, 0.3) is 0 Å². The van der Waals surface area contributed by atoms with Crippen molar-refractivity contribution in [3.63, 3.8) is 0 Å². The molecule has 118 valence electrons. The summed E-state index contributed by atoms with van der Waals surface area (Å²) in [6, 6.07) is 14.3. The third-order valence-electron chi connectivity index (χ3n) is 3.43. The van der Waals surface area contributed by atoms with Gasteiger partial charge in [0.2, 0.25) is 0 Å². The average Bonchev–Trinajstić information content (AvgIpc) is 2.59. The molecule has 0 aromatic heterocycles. The second-order valence-corrected chi connectivity index (χ2v) is 5.25. The van der Waals surface area contributed by atoms with Gasteiger partial charge in [-0.1, -0.05) is 18.2 Å². The lowest BCUT2D eigenvalue weighted by Crippen LogP contribution is -2.08. The molecule has 23 heavy (non-hydrogen) atoms. The van der Waals surface area contributed by atoms with Gasteiger partial charge in [-0.3, -0.25) is 4.79 Å². The van der Waals surface area contributed by atoms with Crippen LogP contribution in [0.4, 0.5) is 5.69 Å². The topological polar surface area (TPSA) is 46.6 Å². The summed E-state index contributed by atoms with van der Waals surface area (Å²) in [5.74, 6) is -0.440. The van der Waals surface area contributed by atoms with E-state index in [2.05, 4.69) is 4.74 Å². The molecule has 4 nitrogen and oxygen atoms in total. The van der Waals surface area contributed by atoms with Crippen molar-refractivity contribution in [2.75, 3.05) is 26.1 Å². The van der Waals surface area contributed by atoms with Crippen LogP contribution in [-0.4, -0.2) is 33.0 Å². The zero-order valence-corrected chi connectivity index (χ0v) is 13.4. The van der Waals surface area contributed by atoms with E-state index in [1.54, 1.807) is 30.3 Å². The van der Waals surface area contributed by atoms with Gasteiger partial charge in [0, 0.05) is 25.3 Å². The highest BCUT2D eigenvalue weighted by Gasteiger charge is 2.04. The zero-order valence-electron chi connectivity index (χ0n) is 13.4. The fourth-order valence-electron chi connectivity index (χ4n) is 2.04. The summed E-state index contributed by atoms with van der Waals surface area (Å²) in [5.41, 5.74) is 3.01. The lowest BCUT2D eigenvalue weighted by molar-refractivity contribution is 0.0600. The largest absolute Gasteiger partial charge is 0.465 e. The van der Waals surface area contributed by atoms with Crippen molar-refractivity contribution in [1.29, 1.82) is 0 Å². The van der Waals surface area contributed by atoms with Crippen LogP contribution < -0.4 is 4.90 Å². The molecule has 0 aliphatic carbocycles. The normalized spacial score (nSPS) is 10.6. The van der Waals surface area contributed by atoms with Crippen LogP contribution in [0.3, 0.4) is 0 Å². The number of methoxy groups -OCH3 is 1. The summed E-state index contributed by atoms with van der Waals surface area (Å²) < 4.78 is 4.64. The number of ketones is 1. The quantitative estimate of drug-likeness (QED) is 0.482. The molecule has 4 heteroatoms. The maximum absolute atomic E-state index is 12.1. The van der Waals surface area contributed by atoms with Crippen molar-refractivity contribution in [2.24, 2.45) is 0 Å². The van der Waals surface area contributed by atoms with Crippen LogP contribution in [0.1, 0.15) is 26.3 Å². The van der Waals surface area contributed by atoms with Crippen molar-refractivity contribution in [3.8, 4) is 0 Å². The molecule has 2 rings (SSSR count). The van der Waals surface area contributed by atoms with Crippen LogP contribution in [0.2, 0.25) is 0 Å². The van der Waals surface area contributed by atoms with Crippen LogP contribution >= 0.6 is 0 Å². The molecule has 2 aromatic rings. The number of nitrogens with zero attached hydrogens (tertiary/aromatic N) is 1. The fraction of sp³-hybridized carbons (Fsp3) is 0.158. The number of allylic oxidation sites excluding steroid dienone is 1. The first-order valence-electron chi connectivity index (χ1n) is 7.19. The molecular weight excluding hydrogens is 290 g/mol. The third kappa shape index (κ3) is 4.30. The molecule has 0 spiro atoms. The Kier molecular flexibility index (Phi) is 5.31. The Morgan fingerprint density at radius 2 is 1.48 bits per heavy atom. The van der Waals surface area contributed by atoms with Gasteiger partial charge in [-0.15, -0.1) is 0 Å². The van der Waals surface area contributed by atoms with E-state index in [1.165, 1.54) is 13.2 Å². The monoisotopic (exact) mass is 309 g/mol. The standard InChI is InChI=1S/C19H19NO3/c1-20(2)17-11-9-15(10-12-17)18(21)13-6-14-4-7-16(8-5-14)19(22)23-3/h4-13H,1-3H3/b13-6+. The molecule has 0 unspecified atom stereocenters. The minimum atomic E-state index is -0.377. The Balaban J connectivity index is 2.07. The number of esters is 1. The van der Waals surface area contributed by atoms with E-state index < -0.39 is 0 Å². The number of hydrogen-bond acceptors (Lipinski definition) is 4. The molecule has 0 fully saturated rings. The Bertz CT molecular complexity index is 713. The lowest BCUT2D eigenvalue weighted by Gasteiger charge is -2.11. The van der Waals surface area contributed by atoms with Gasteiger partial charge in [0.05, 0.1) is 12.7 Å². The molecule has 2 aromatic carbocycles. The molecule has 0 atom stereocenters. The molecule has 0 aliphatic rings. The van der Waals surface area contributed by atoms with Gasteiger partial charge in [0.15, 0.2) is 5.78 Å². The predicted molar refractivity (Wildman–Crippen MR) is 91.9 cm³/mol. The van der Waals surface area contributed by atoms with Crippen LogP contribution in [0.15, 0.2) is 54.6 Å². The Labute approximate surface area is 136 Å². The molecule has 0 saturated carbocycles. The van der Waals surface area contributed by atoms with Gasteiger partial charge < -0.3 is 9.64 Å². The lowest BCUT2D eigenvalue weighted by atomic mass is 10.1. The number of hydrogen-bond donors (Lipinski definition) is 0. The van der Waals surface area contributed by atoms with Crippen molar-refractivity contribution in [1.82, 2.24) is 0 Å². The highest BCUT2D eigenvalue weighted by atomic mass is 16.5.